The van der Waals surface area contributed by atoms with E-state index in [0.29, 0.717) is 12.6 Å². The highest BCUT2D eigenvalue weighted by Crippen LogP contribution is 2.19. The molecule has 3 heteroatoms. The molecule has 0 aliphatic heterocycles. The molecule has 0 saturated carbocycles. The van der Waals surface area contributed by atoms with Crippen LogP contribution >= 0.6 is 0 Å². The predicted octanol–water partition coefficient (Wildman–Crippen LogP) is 3.28. The molecule has 0 spiro atoms. The first-order valence-electron chi connectivity index (χ1n) is 7.37. The van der Waals surface area contributed by atoms with Gasteiger partial charge in [0, 0.05) is 25.1 Å². The minimum absolute atomic E-state index is 0.124. The summed E-state index contributed by atoms with van der Waals surface area (Å²) in [5, 5.41) is 3.46. The van der Waals surface area contributed by atoms with Gasteiger partial charge < -0.3 is 14.8 Å². The van der Waals surface area contributed by atoms with Crippen molar-refractivity contribution in [3.8, 4) is 5.75 Å². The lowest BCUT2D eigenvalue weighted by Crippen LogP contribution is -2.37. The molecule has 1 aromatic carbocycles. The SMILES string of the molecule is COCCc1ccc(OCC(C)(C)CNC(C)C)cc1. The van der Waals surface area contributed by atoms with Gasteiger partial charge in [-0.2, -0.15) is 0 Å². The minimum atomic E-state index is 0.124. The van der Waals surface area contributed by atoms with Gasteiger partial charge in [-0.25, -0.2) is 0 Å². The van der Waals surface area contributed by atoms with Crippen molar-refractivity contribution in [3.63, 3.8) is 0 Å². The fourth-order valence-corrected chi connectivity index (χ4v) is 1.78. The van der Waals surface area contributed by atoms with E-state index in [1.807, 2.05) is 12.1 Å². The molecule has 3 nitrogen and oxygen atoms in total. The van der Waals surface area contributed by atoms with Crippen molar-refractivity contribution < 1.29 is 9.47 Å². The number of nitrogens with one attached hydrogen (secondary N) is 1. The standard InChI is InChI=1S/C17H29NO2/c1-14(2)18-12-17(3,4)13-20-16-8-6-15(7-9-16)10-11-19-5/h6-9,14,18H,10-13H2,1-5H3. The van der Waals surface area contributed by atoms with E-state index in [-0.39, 0.29) is 5.41 Å². The van der Waals surface area contributed by atoms with E-state index in [1.165, 1.54) is 5.56 Å². The predicted molar refractivity (Wildman–Crippen MR) is 84.4 cm³/mol. The Hall–Kier alpha value is -1.06. The Labute approximate surface area is 123 Å². The molecule has 0 aromatic heterocycles. The van der Waals surface area contributed by atoms with Gasteiger partial charge in [0.05, 0.1) is 13.2 Å². The third-order valence-electron chi connectivity index (χ3n) is 3.14. The molecule has 0 unspecified atom stereocenters. The molecule has 20 heavy (non-hydrogen) atoms. The van der Waals surface area contributed by atoms with Gasteiger partial charge in [0.25, 0.3) is 0 Å². The highest BCUT2D eigenvalue weighted by Gasteiger charge is 2.19. The number of hydrogen-bond acceptors (Lipinski definition) is 3. The Kier molecular flexibility index (Phi) is 7.03. The lowest BCUT2D eigenvalue weighted by Gasteiger charge is -2.26. The van der Waals surface area contributed by atoms with Gasteiger partial charge >= 0.3 is 0 Å². The zero-order valence-electron chi connectivity index (χ0n) is 13.5. The van der Waals surface area contributed by atoms with Crippen LogP contribution in [0, 0.1) is 5.41 Å². The lowest BCUT2D eigenvalue weighted by molar-refractivity contribution is 0.173. The third kappa shape index (κ3) is 6.92. The van der Waals surface area contributed by atoms with Crippen molar-refractivity contribution in [1.29, 1.82) is 0 Å². The van der Waals surface area contributed by atoms with Crippen LogP contribution in [0.15, 0.2) is 24.3 Å². The molecule has 0 heterocycles. The largest absolute Gasteiger partial charge is 0.493 e. The van der Waals surface area contributed by atoms with Gasteiger partial charge in [0.1, 0.15) is 5.75 Å². The lowest BCUT2D eigenvalue weighted by atomic mass is 9.94. The molecule has 0 radical (unpaired) electrons. The van der Waals surface area contributed by atoms with E-state index in [4.69, 9.17) is 9.47 Å². The molecule has 0 atom stereocenters. The van der Waals surface area contributed by atoms with Crippen molar-refractivity contribution >= 4 is 0 Å². The number of rotatable bonds is 9. The number of methoxy groups -OCH3 is 1. The van der Waals surface area contributed by atoms with Crippen LogP contribution in [0.25, 0.3) is 0 Å². The Morgan fingerprint density at radius 2 is 1.80 bits per heavy atom. The average molecular weight is 279 g/mol. The molecular formula is C17H29NO2. The van der Waals surface area contributed by atoms with Crippen LogP contribution in [0.2, 0.25) is 0 Å². The van der Waals surface area contributed by atoms with Gasteiger partial charge in [-0.05, 0) is 24.1 Å². The summed E-state index contributed by atoms with van der Waals surface area (Å²) in [7, 11) is 1.73. The van der Waals surface area contributed by atoms with Gasteiger partial charge in [-0.3, -0.25) is 0 Å². The maximum Gasteiger partial charge on any atom is 0.119 e. The third-order valence-corrected chi connectivity index (χ3v) is 3.14. The van der Waals surface area contributed by atoms with E-state index in [0.717, 1.165) is 25.3 Å². The maximum atomic E-state index is 5.89. The van der Waals surface area contributed by atoms with Gasteiger partial charge in [-0.1, -0.05) is 39.8 Å². The molecule has 0 aliphatic rings. The van der Waals surface area contributed by atoms with Crippen molar-refractivity contribution in [2.24, 2.45) is 5.41 Å². The zero-order valence-corrected chi connectivity index (χ0v) is 13.5. The molecular weight excluding hydrogens is 250 g/mol. The van der Waals surface area contributed by atoms with Crippen LogP contribution in [0.4, 0.5) is 0 Å². The fourth-order valence-electron chi connectivity index (χ4n) is 1.78. The van der Waals surface area contributed by atoms with Crippen LogP contribution in [0.1, 0.15) is 33.3 Å². The topological polar surface area (TPSA) is 30.5 Å². The second-order valence-corrected chi connectivity index (χ2v) is 6.38. The number of hydrogen-bond donors (Lipinski definition) is 1. The summed E-state index contributed by atoms with van der Waals surface area (Å²) in [6, 6.07) is 8.80. The second kappa shape index (κ2) is 8.28. The Balaban J connectivity index is 2.40. The Morgan fingerprint density at radius 1 is 1.15 bits per heavy atom. The molecule has 0 bridgehead atoms. The molecule has 0 saturated heterocycles. The maximum absolute atomic E-state index is 5.89. The smallest absolute Gasteiger partial charge is 0.119 e. The summed E-state index contributed by atoms with van der Waals surface area (Å²) in [6.45, 7) is 11.2. The summed E-state index contributed by atoms with van der Waals surface area (Å²) >= 11 is 0. The van der Waals surface area contributed by atoms with Crippen LogP contribution in [-0.2, 0) is 11.2 Å². The highest BCUT2D eigenvalue weighted by atomic mass is 16.5. The molecule has 114 valence electrons. The molecule has 0 amide bonds. The minimum Gasteiger partial charge on any atom is -0.493 e. The fraction of sp³-hybridized carbons (Fsp3) is 0.647. The van der Waals surface area contributed by atoms with Gasteiger partial charge in [0.2, 0.25) is 0 Å². The normalized spacial score (nSPS) is 11.9. The van der Waals surface area contributed by atoms with E-state index in [9.17, 15) is 0 Å². The highest BCUT2D eigenvalue weighted by molar-refractivity contribution is 5.27. The average Bonchev–Trinajstić information content (AvgIpc) is 2.42. The Morgan fingerprint density at radius 3 is 2.35 bits per heavy atom. The van der Waals surface area contributed by atoms with E-state index in [2.05, 4.69) is 45.1 Å². The second-order valence-electron chi connectivity index (χ2n) is 6.38. The molecule has 0 aliphatic carbocycles. The van der Waals surface area contributed by atoms with Crippen molar-refractivity contribution in [2.45, 2.75) is 40.2 Å². The first-order chi connectivity index (χ1) is 9.43. The van der Waals surface area contributed by atoms with Crippen LogP contribution in [0.5, 0.6) is 5.75 Å². The van der Waals surface area contributed by atoms with Gasteiger partial charge in [0.15, 0.2) is 0 Å². The van der Waals surface area contributed by atoms with Crippen molar-refractivity contribution in [2.75, 3.05) is 26.9 Å². The monoisotopic (exact) mass is 279 g/mol. The first-order valence-corrected chi connectivity index (χ1v) is 7.37. The number of benzene rings is 1. The van der Waals surface area contributed by atoms with E-state index in [1.54, 1.807) is 7.11 Å². The Bertz CT molecular complexity index is 371. The van der Waals surface area contributed by atoms with Crippen LogP contribution in [-0.4, -0.2) is 32.9 Å². The van der Waals surface area contributed by atoms with Gasteiger partial charge in [-0.15, -0.1) is 0 Å². The quantitative estimate of drug-likeness (QED) is 0.752. The summed E-state index contributed by atoms with van der Waals surface area (Å²) in [4.78, 5) is 0. The van der Waals surface area contributed by atoms with E-state index >= 15 is 0 Å². The summed E-state index contributed by atoms with van der Waals surface area (Å²) in [5.41, 5.74) is 1.40. The summed E-state index contributed by atoms with van der Waals surface area (Å²) in [6.07, 6.45) is 0.945. The van der Waals surface area contributed by atoms with Crippen molar-refractivity contribution in [1.82, 2.24) is 5.32 Å². The summed E-state index contributed by atoms with van der Waals surface area (Å²) in [5.74, 6) is 0.934. The van der Waals surface area contributed by atoms with Crippen LogP contribution < -0.4 is 10.1 Å². The molecule has 0 fully saturated rings. The first kappa shape index (κ1) is 17.0. The zero-order chi connectivity index (χ0) is 15.0. The molecule has 1 N–H and O–H groups in total. The van der Waals surface area contributed by atoms with Crippen LogP contribution in [0.3, 0.4) is 0 Å². The summed E-state index contributed by atoms with van der Waals surface area (Å²) < 4.78 is 11.0. The van der Waals surface area contributed by atoms with Crippen molar-refractivity contribution in [3.05, 3.63) is 29.8 Å². The molecule has 1 aromatic rings. The van der Waals surface area contributed by atoms with E-state index < -0.39 is 0 Å². The molecule has 1 rings (SSSR count). The number of ether oxygens (including phenoxy) is 2.